The number of nitrogens with zero attached hydrogens (tertiary/aromatic N) is 3. The molecule has 2 heterocycles. The van der Waals surface area contributed by atoms with E-state index in [-0.39, 0.29) is 11.8 Å². The van der Waals surface area contributed by atoms with Gasteiger partial charge < -0.3 is 19.1 Å². The van der Waals surface area contributed by atoms with Gasteiger partial charge in [-0.15, -0.1) is 0 Å². The maximum Gasteiger partial charge on any atom is 0.255 e. The Labute approximate surface area is 249 Å². The number of carbonyl (C=O) groups is 2. The van der Waals surface area contributed by atoms with Crippen molar-refractivity contribution in [3.63, 3.8) is 0 Å². The number of piperazine rings is 1. The molecule has 6 heteroatoms. The Balaban J connectivity index is 1.28. The molecule has 0 saturated carbocycles. The first-order valence-corrected chi connectivity index (χ1v) is 15.1. The molecular formula is C36H41N3O3. The molecular weight excluding hydrogens is 522 g/mol. The fourth-order valence-corrected chi connectivity index (χ4v) is 5.74. The molecule has 3 aromatic carbocycles. The fraction of sp³-hybridized carbons (Fsp3) is 0.333. The fourth-order valence-electron chi connectivity index (χ4n) is 5.74. The molecule has 0 spiro atoms. The van der Waals surface area contributed by atoms with Crippen LogP contribution in [0.25, 0.3) is 16.9 Å². The minimum atomic E-state index is -0.00327. The van der Waals surface area contributed by atoms with Gasteiger partial charge in [-0.25, -0.2) is 0 Å². The standard InChI is InChI=1S/C36H41N3O3/c1-4-5-6-8-11-28-14-16-30(17-15-28)35(40)37-22-24-38(25-23-37)36(41)33-26-34(29-18-20-32(42-3)21-19-29)39(27(33)2)31-12-9-7-10-13-31/h7,9-10,12-21,26H,4-6,8,11,22-25H2,1-3H3. The second-order valence-corrected chi connectivity index (χ2v) is 11.0. The van der Waals surface area contributed by atoms with Crippen LogP contribution in [0.2, 0.25) is 0 Å². The van der Waals surface area contributed by atoms with E-state index in [1.807, 2.05) is 77.4 Å². The third-order valence-corrected chi connectivity index (χ3v) is 8.25. The first-order chi connectivity index (χ1) is 20.5. The average Bonchev–Trinajstić information content (AvgIpc) is 3.40. The highest BCUT2D eigenvalue weighted by atomic mass is 16.5. The first-order valence-electron chi connectivity index (χ1n) is 15.1. The summed E-state index contributed by atoms with van der Waals surface area (Å²) < 4.78 is 7.49. The van der Waals surface area contributed by atoms with Crippen LogP contribution in [0.15, 0.2) is 84.9 Å². The molecule has 42 heavy (non-hydrogen) atoms. The molecule has 0 radical (unpaired) electrons. The molecule has 0 unspecified atom stereocenters. The minimum Gasteiger partial charge on any atom is -0.497 e. The number of methoxy groups -OCH3 is 1. The highest BCUT2D eigenvalue weighted by molar-refractivity contribution is 5.98. The van der Waals surface area contributed by atoms with Crippen LogP contribution in [0, 0.1) is 6.92 Å². The summed E-state index contributed by atoms with van der Waals surface area (Å²) in [5.41, 5.74) is 6.53. The van der Waals surface area contributed by atoms with Gasteiger partial charge in [-0.05, 0) is 85.5 Å². The third-order valence-electron chi connectivity index (χ3n) is 8.25. The number of hydrogen-bond acceptors (Lipinski definition) is 3. The molecule has 1 saturated heterocycles. The van der Waals surface area contributed by atoms with Crippen molar-refractivity contribution in [1.82, 2.24) is 14.4 Å². The number of benzene rings is 3. The molecule has 218 valence electrons. The van der Waals surface area contributed by atoms with Crippen LogP contribution in [0.1, 0.15) is 64.6 Å². The van der Waals surface area contributed by atoms with E-state index in [0.29, 0.717) is 37.3 Å². The largest absolute Gasteiger partial charge is 0.497 e. The van der Waals surface area contributed by atoms with Crippen molar-refractivity contribution in [2.24, 2.45) is 0 Å². The summed E-state index contributed by atoms with van der Waals surface area (Å²) in [5, 5.41) is 0. The van der Waals surface area contributed by atoms with Crippen molar-refractivity contribution in [3.05, 3.63) is 107 Å². The van der Waals surface area contributed by atoms with Crippen molar-refractivity contribution in [2.45, 2.75) is 46.0 Å². The van der Waals surface area contributed by atoms with Crippen LogP contribution in [0.3, 0.4) is 0 Å². The lowest BCUT2D eigenvalue weighted by molar-refractivity contribution is 0.0535. The lowest BCUT2D eigenvalue weighted by Crippen LogP contribution is -2.50. The summed E-state index contributed by atoms with van der Waals surface area (Å²) in [7, 11) is 1.65. The lowest BCUT2D eigenvalue weighted by Gasteiger charge is -2.35. The quantitative estimate of drug-likeness (QED) is 0.192. The summed E-state index contributed by atoms with van der Waals surface area (Å²) >= 11 is 0. The van der Waals surface area contributed by atoms with Gasteiger partial charge in [0.2, 0.25) is 0 Å². The summed E-state index contributed by atoms with van der Waals surface area (Å²) in [5.74, 6) is 0.819. The van der Waals surface area contributed by atoms with E-state index in [2.05, 4.69) is 35.8 Å². The zero-order valence-electron chi connectivity index (χ0n) is 25.0. The summed E-state index contributed by atoms with van der Waals surface area (Å²) in [6.45, 7) is 6.28. The summed E-state index contributed by atoms with van der Waals surface area (Å²) in [4.78, 5) is 30.8. The van der Waals surface area contributed by atoms with E-state index in [0.717, 1.165) is 34.8 Å². The van der Waals surface area contributed by atoms with E-state index in [9.17, 15) is 9.59 Å². The summed E-state index contributed by atoms with van der Waals surface area (Å²) in [6, 6.07) is 28.1. The number of aromatic nitrogens is 1. The lowest BCUT2D eigenvalue weighted by atomic mass is 10.0. The maximum absolute atomic E-state index is 13.8. The van der Waals surface area contributed by atoms with Crippen LogP contribution < -0.4 is 4.74 Å². The molecule has 1 aliphatic rings. The smallest absolute Gasteiger partial charge is 0.255 e. The number of carbonyl (C=O) groups excluding carboxylic acids is 2. The van der Waals surface area contributed by atoms with Gasteiger partial charge in [-0.2, -0.15) is 0 Å². The van der Waals surface area contributed by atoms with E-state index < -0.39 is 0 Å². The predicted molar refractivity (Wildman–Crippen MR) is 169 cm³/mol. The summed E-state index contributed by atoms with van der Waals surface area (Å²) in [6.07, 6.45) is 6.00. The number of amides is 2. The van der Waals surface area contributed by atoms with E-state index >= 15 is 0 Å². The van der Waals surface area contributed by atoms with Crippen molar-refractivity contribution in [2.75, 3.05) is 33.3 Å². The Morgan fingerprint density at radius 3 is 2.02 bits per heavy atom. The molecule has 1 aliphatic heterocycles. The average molecular weight is 564 g/mol. The molecule has 2 amide bonds. The van der Waals surface area contributed by atoms with Crippen LogP contribution in [0.5, 0.6) is 5.75 Å². The van der Waals surface area contributed by atoms with Crippen molar-refractivity contribution in [1.29, 1.82) is 0 Å². The van der Waals surface area contributed by atoms with Crippen LogP contribution in [0.4, 0.5) is 0 Å². The van der Waals surface area contributed by atoms with Crippen molar-refractivity contribution >= 4 is 11.8 Å². The number of ether oxygens (including phenoxy) is 1. The Hall–Kier alpha value is -4.32. The Kier molecular flexibility index (Phi) is 9.42. The molecule has 1 fully saturated rings. The Bertz CT molecular complexity index is 1480. The number of rotatable bonds is 10. The van der Waals surface area contributed by atoms with Gasteiger partial charge in [0, 0.05) is 43.1 Å². The maximum atomic E-state index is 13.8. The third kappa shape index (κ3) is 6.43. The van der Waals surface area contributed by atoms with Crippen LogP contribution in [-0.4, -0.2) is 59.5 Å². The molecule has 1 aromatic heterocycles. The van der Waals surface area contributed by atoms with Gasteiger partial charge >= 0.3 is 0 Å². The van der Waals surface area contributed by atoms with E-state index in [1.165, 1.54) is 31.2 Å². The number of hydrogen-bond donors (Lipinski definition) is 0. The topological polar surface area (TPSA) is 54.8 Å². The normalized spacial score (nSPS) is 13.3. The molecule has 5 rings (SSSR count). The van der Waals surface area contributed by atoms with E-state index in [1.54, 1.807) is 7.11 Å². The van der Waals surface area contributed by atoms with Gasteiger partial charge in [0.05, 0.1) is 18.4 Å². The van der Waals surface area contributed by atoms with Gasteiger partial charge in [0.15, 0.2) is 0 Å². The first kappa shape index (κ1) is 29.2. The predicted octanol–water partition coefficient (Wildman–Crippen LogP) is 7.18. The molecule has 0 bridgehead atoms. The Morgan fingerprint density at radius 1 is 0.762 bits per heavy atom. The highest BCUT2D eigenvalue weighted by Crippen LogP contribution is 2.31. The Morgan fingerprint density at radius 2 is 1.40 bits per heavy atom. The molecule has 0 atom stereocenters. The zero-order chi connectivity index (χ0) is 29.5. The van der Waals surface area contributed by atoms with Gasteiger partial charge in [-0.1, -0.05) is 56.5 Å². The van der Waals surface area contributed by atoms with Gasteiger partial charge in [0.25, 0.3) is 11.8 Å². The van der Waals surface area contributed by atoms with Gasteiger partial charge in [-0.3, -0.25) is 9.59 Å². The van der Waals surface area contributed by atoms with Crippen LogP contribution in [-0.2, 0) is 6.42 Å². The van der Waals surface area contributed by atoms with Crippen LogP contribution >= 0.6 is 0 Å². The highest BCUT2D eigenvalue weighted by Gasteiger charge is 2.28. The molecule has 6 nitrogen and oxygen atoms in total. The minimum absolute atomic E-state index is 0.00327. The molecule has 4 aromatic rings. The second kappa shape index (κ2) is 13.6. The number of aryl methyl sites for hydroxylation is 1. The zero-order valence-corrected chi connectivity index (χ0v) is 25.0. The van der Waals surface area contributed by atoms with Gasteiger partial charge in [0.1, 0.15) is 5.75 Å². The van der Waals surface area contributed by atoms with E-state index in [4.69, 9.17) is 4.74 Å². The molecule has 0 N–H and O–H groups in total. The SMILES string of the molecule is CCCCCCc1ccc(C(=O)N2CCN(C(=O)c3cc(-c4ccc(OC)cc4)n(-c4ccccc4)c3C)CC2)cc1. The number of para-hydroxylation sites is 1. The second-order valence-electron chi connectivity index (χ2n) is 11.0. The van der Waals surface area contributed by atoms with Crippen molar-refractivity contribution in [3.8, 4) is 22.7 Å². The number of unbranched alkanes of at least 4 members (excludes halogenated alkanes) is 3. The molecule has 0 aliphatic carbocycles. The monoisotopic (exact) mass is 563 g/mol. The van der Waals surface area contributed by atoms with Crippen molar-refractivity contribution < 1.29 is 14.3 Å².